The highest BCUT2D eigenvalue weighted by Crippen LogP contribution is 2.29. The fourth-order valence-electron chi connectivity index (χ4n) is 2.35. The Morgan fingerprint density at radius 1 is 1.07 bits per heavy atom. The van der Waals surface area contributed by atoms with Crippen molar-refractivity contribution in [2.75, 3.05) is 19.0 Å². The summed E-state index contributed by atoms with van der Waals surface area (Å²) in [7, 11) is 1.33. The number of methoxy groups -OCH3 is 1. The SMILES string of the molecule is COc1ccc(NC(=O)COC(=O)c2c(C)cccc2[N+](=O)[O-])c([N+](=O)[O-])c1. The second-order valence-corrected chi connectivity index (χ2v) is 5.49. The van der Waals surface area contributed by atoms with Gasteiger partial charge >= 0.3 is 5.97 Å². The first kappa shape index (κ1) is 20.3. The predicted octanol–water partition coefficient (Wildman–Crippen LogP) is 2.62. The van der Waals surface area contributed by atoms with E-state index in [9.17, 15) is 29.8 Å². The molecule has 0 bridgehead atoms. The van der Waals surface area contributed by atoms with Gasteiger partial charge in [-0.25, -0.2) is 4.79 Å². The van der Waals surface area contributed by atoms with E-state index in [1.165, 1.54) is 38.3 Å². The lowest BCUT2D eigenvalue weighted by Gasteiger charge is -2.09. The molecule has 28 heavy (non-hydrogen) atoms. The summed E-state index contributed by atoms with van der Waals surface area (Å²) < 4.78 is 9.72. The maximum absolute atomic E-state index is 12.2. The van der Waals surface area contributed by atoms with Crippen molar-refractivity contribution in [1.82, 2.24) is 0 Å². The molecule has 2 aromatic carbocycles. The van der Waals surface area contributed by atoms with Gasteiger partial charge < -0.3 is 14.8 Å². The van der Waals surface area contributed by atoms with Gasteiger partial charge in [-0.3, -0.25) is 25.0 Å². The van der Waals surface area contributed by atoms with Crippen LogP contribution in [0.2, 0.25) is 0 Å². The Kier molecular flexibility index (Phi) is 6.22. The smallest absolute Gasteiger partial charge is 0.345 e. The van der Waals surface area contributed by atoms with Gasteiger partial charge in [-0.2, -0.15) is 0 Å². The van der Waals surface area contributed by atoms with E-state index in [1.54, 1.807) is 0 Å². The number of nitro groups is 2. The van der Waals surface area contributed by atoms with Gasteiger partial charge in [0.2, 0.25) is 0 Å². The van der Waals surface area contributed by atoms with E-state index < -0.39 is 39.7 Å². The molecule has 0 atom stereocenters. The molecule has 0 unspecified atom stereocenters. The van der Waals surface area contributed by atoms with Gasteiger partial charge in [-0.1, -0.05) is 12.1 Å². The summed E-state index contributed by atoms with van der Waals surface area (Å²) >= 11 is 0. The van der Waals surface area contributed by atoms with Crippen LogP contribution in [0.1, 0.15) is 15.9 Å². The van der Waals surface area contributed by atoms with Gasteiger partial charge in [0.1, 0.15) is 17.0 Å². The van der Waals surface area contributed by atoms with Gasteiger partial charge in [0.05, 0.1) is 23.0 Å². The van der Waals surface area contributed by atoms with Crippen molar-refractivity contribution in [3.63, 3.8) is 0 Å². The molecule has 2 rings (SSSR count). The number of rotatable bonds is 7. The minimum atomic E-state index is -1.05. The molecule has 0 aliphatic carbocycles. The molecule has 146 valence electrons. The fraction of sp³-hybridized carbons (Fsp3) is 0.176. The van der Waals surface area contributed by atoms with E-state index in [1.807, 2.05) is 0 Å². The molecule has 0 radical (unpaired) electrons. The highest BCUT2D eigenvalue weighted by Gasteiger charge is 2.24. The van der Waals surface area contributed by atoms with Crippen molar-refractivity contribution in [1.29, 1.82) is 0 Å². The summed E-state index contributed by atoms with van der Waals surface area (Å²) in [6.45, 7) is 0.706. The summed E-state index contributed by atoms with van der Waals surface area (Å²) in [4.78, 5) is 44.9. The summed E-state index contributed by atoms with van der Waals surface area (Å²) in [5.74, 6) is -1.68. The van der Waals surface area contributed by atoms with Crippen LogP contribution in [-0.4, -0.2) is 35.4 Å². The number of carbonyl (C=O) groups is 2. The van der Waals surface area contributed by atoms with Crippen LogP contribution in [0.15, 0.2) is 36.4 Å². The quantitative estimate of drug-likeness (QED) is 0.431. The van der Waals surface area contributed by atoms with Crippen LogP contribution in [0.25, 0.3) is 0 Å². The van der Waals surface area contributed by atoms with E-state index in [0.717, 1.165) is 12.1 Å². The van der Waals surface area contributed by atoms with Crippen LogP contribution in [-0.2, 0) is 9.53 Å². The number of hydrogen-bond donors (Lipinski definition) is 1. The number of aryl methyl sites for hydroxylation is 1. The Labute approximate surface area is 158 Å². The van der Waals surface area contributed by atoms with E-state index in [0.29, 0.717) is 5.56 Å². The van der Waals surface area contributed by atoms with Crippen LogP contribution in [0.5, 0.6) is 5.75 Å². The minimum Gasteiger partial charge on any atom is -0.496 e. The number of esters is 1. The molecule has 0 fully saturated rings. The van der Waals surface area contributed by atoms with Gasteiger partial charge in [0.25, 0.3) is 17.3 Å². The van der Waals surface area contributed by atoms with Crippen LogP contribution >= 0.6 is 0 Å². The molecule has 0 saturated heterocycles. The average Bonchev–Trinajstić information content (AvgIpc) is 2.65. The number of benzene rings is 2. The van der Waals surface area contributed by atoms with Crippen LogP contribution < -0.4 is 10.1 Å². The zero-order valence-corrected chi connectivity index (χ0v) is 14.8. The van der Waals surface area contributed by atoms with Crippen molar-refractivity contribution < 1.29 is 28.9 Å². The standard InChI is InChI=1S/C17H15N3O8/c1-10-4-3-5-13(19(23)24)16(10)17(22)28-9-15(21)18-12-7-6-11(27-2)8-14(12)20(25)26/h3-8H,9H2,1-2H3,(H,18,21). The molecule has 11 heteroatoms. The number of ether oxygens (including phenoxy) is 2. The normalized spacial score (nSPS) is 10.1. The second-order valence-electron chi connectivity index (χ2n) is 5.49. The highest BCUT2D eigenvalue weighted by atomic mass is 16.6. The van der Waals surface area contributed by atoms with E-state index in [-0.39, 0.29) is 17.0 Å². The van der Waals surface area contributed by atoms with Crippen molar-refractivity contribution in [2.45, 2.75) is 6.92 Å². The third-order valence-electron chi connectivity index (χ3n) is 3.66. The van der Waals surface area contributed by atoms with Crippen molar-refractivity contribution in [2.24, 2.45) is 0 Å². The number of nitrogens with zero attached hydrogens (tertiary/aromatic N) is 2. The van der Waals surface area contributed by atoms with Crippen molar-refractivity contribution in [3.8, 4) is 5.75 Å². The Hall–Kier alpha value is -4.02. The summed E-state index contributed by atoms with van der Waals surface area (Å²) in [5.41, 5.74) is -0.931. The number of anilines is 1. The first-order valence-electron chi connectivity index (χ1n) is 7.78. The molecular weight excluding hydrogens is 374 g/mol. The molecule has 2 aromatic rings. The van der Waals surface area contributed by atoms with Crippen molar-refractivity contribution in [3.05, 3.63) is 67.8 Å². The maximum Gasteiger partial charge on any atom is 0.345 e. The predicted molar refractivity (Wildman–Crippen MR) is 96.4 cm³/mol. The topological polar surface area (TPSA) is 151 Å². The Bertz CT molecular complexity index is 957. The first-order valence-corrected chi connectivity index (χ1v) is 7.78. The zero-order valence-electron chi connectivity index (χ0n) is 14.8. The van der Waals surface area contributed by atoms with Gasteiger partial charge in [-0.15, -0.1) is 0 Å². The van der Waals surface area contributed by atoms with Crippen LogP contribution in [0, 0.1) is 27.2 Å². The summed E-state index contributed by atoms with van der Waals surface area (Å²) in [6.07, 6.45) is 0. The van der Waals surface area contributed by atoms with Gasteiger partial charge in [0, 0.05) is 6.07 Å². The lowest BCUT2D eigenvalue weighted by Crippen LogP contribution is -2.22. The zero-order chi connectivity index (χ0) is 20.8. The monoisotopic (exact) mass is 389 g/mol. The average molecular weight is 389 g/mol. The number of nitro benzene ring substituents is 2. The lowest BCUT2D eigenvalue weighted by atomic mass is 10.1. The van der Waals surface area contributed by atoms with E-state index >= 15 is 0 Å². The van der Waals surface area contributed by atoms with E-state index in [4.69, 9.17) is 9.47 Å². The molecule has 11 nitrogen and oxygen atoms in total. The molecule has 1 N–H and O–H groups in total. The molecular formula is C17H15N3O8. The highest BCUT2D eigenvalue weighted by molar-refractivity contribution is 5.99. The Morgan fingerprint density at radius 2 is 1.75 bits per heavy atom. The number of nitrogens with one attached hydrogen (secondary N) is 1. The minimum absolute atomic E-state index is 0.117. The largest absolute Gasteiger partial charge is 0.496 e. The Balaban J connectivity index is 2.11. The Morgan fingerprint density at radius 3 is 2.36 bits per heavy atom. The molecule has 0 saturated carbocycles. The van der Waals surface area contributed by atoms with Gasteiger partial charge in [-0.05, 0) is 24.6 Å². The first-order chi connectivity index (χ1) is 13.2. The second kappa shape index (κ2) is 8.58. The number of amides is 1. The molecule has 0 spiro atoms. The van der Waals surface area contributed by atoms with E-state index in [2.05, 4.69) is 5.32 Å². The van der Waals surface area contributed by atoms with Crippen LogP contribution in [0.4, 0.5) is 17.1 Å². The fourth-order valence-corrected chi connectivity index (χ4v) is 2.35. The van der Waals surface area contributed by atoms with Crippen molar-refractivity contribution >= 4 is 28.9 Å². The van der Waals surface area contributed by atoms with Crippen LogP contribution in [0.3, 0.4) is 0 Å². The third-order valence-corrected chi connectivity index (χ3v) is 3.66. The molecule has 1 amide bonds. The summed E-state index contributed by atoms with van der Waals surface area (Å²) in [6, 6.07) is 7.85. The molecule has 0 heterocycles. The third kappa shape index (κ3) is 4.58. The summed E-state index contributed by atoms with van der Waals surface area (Å²) in [5, 5.41) is 24.4. The molecule has 0 aromatic heterocycles. The molecule has 0 aliphatic rings. The van der Waals surface area contributed by atoms with Gasteiger partial charge in [0.15, 0.2) is 6.61 Å². The molecule has 0 aliphatic heterocycles. The lowest BCUT2D eigenvalue weighted by molar-refractivity contribution is -0.385. The number of hydrogen-bond acceptors (Lipinski definition) is 8. The number of carbonyl (C=O) groups excluding carboxylic acids is 2. The maximum atomic E-state index is 12.2.